The summed E-state index contributed by atoms with van der Waals surface area (Å²) in [6.07, 6.45) is 0. The van der Waals surface area contributed by atoms with Crippen molar-refractivity contribution >= 4 is 29.7 Å². The lowest BCUT2D eigenvalue weighted by molar-refractivity contribution is -0.114. The number of aryl methyl sites for hydroxylation is 2. The molecule has 0 bridgehead atoms. The lowest BCUT2D eigenvalue weighted by Gasteiger charge is -2.09. The van der Waals surface area contributed by atoms with Crippen LogP contribution in [0.5, 0.6) is 0 Å². The molecule has 0 radical (unpaired) electrons. The van der Waals surface area contributed by atoms with Crippen LogP contribution in [0.1, 0.15) is 11.1 Å². The van der Waals surface area contributed by atoms with Crippen LogP contribution < -0.4 is 10.6 Å². The van der Waals surface area contributed by atoms with Crippen LogP contribution in [0.25, 0.3) is 0 Å². The molecular weight excluding hydrogens is 272 g/mol. The molecule has 0 spiro atoms. The molecule has 0 heterocycles. The first-order valence-electron chi connectivity index (χ1n) is 6.30. The molecule has 2 aromatic rings. The van der Waals surface area contributed by atoms with Gasteiger partial charge in [-0.05, 0) is 49.2 Å². The fourth-order valence-electron chi connectivity index (χ4n) is 1.99. The summed E-state index contributed by atoms with van der Waals surface area (Å²) in [6.45, 7) is 4.35. The lowest BCUT2D eigenvalue weighted by atomic mass is 10.1. The molecule has 3 nitrogen and oxygen atoms in total. The molecule has 1 amide bonds. The molecule has 106 valence electrons. The summed E-state index contributed by atoms with van der Waals surface area (Å²) in [5.41, 5.74) is 4.16. The second kappa shape index (κ2) is 7.56. The molecule has 0 fully saturated rings. The van der Waals surface area contributed by atoms with Crippen LogP contribution in [0.4, 0.5) is 11.4 Å². The average Bonchev–Trinajstić information content (AvgIpc) is 2.36. The Hall–Kier alpha value is -2.00. The van der Waals surface area contributed by atoms with Crippen molar-refractivity contribution < 1.29 is 4.79 Å². The zero-order valence-electron chi connectivity index (χ0n) is 11.6. The van der Waals surface area contributed by atoms with Gasteiger partial charge < -0.3 is 10.6 Å². The number of hydrogen-bond acceptors (Lipinski definition) is 2. The number of amides is 1. The minimum atomic E-state index is -0.0506. The van der Waals surface area contributed by atoms with Crippen molar-refractivity contribution in [3.63, 3.8) is 0 Å². The Kier molecular flexibility index (Phi) is 6.07. The number of anilines is 2. The molecule has 20 heavy (non-hydrogen) atoms. The number of benzene rings is 2. The van der Waals surface area contributed by atoms with E-state index in [0.717, 1.165) is 11.4 Å². The van der Waals surface area contributed by atoms with E-state index in [1.807, 2.05) is 56.3 Å². The van der Waals surface area contributed by atoms with Crippen LogP contribution in [0, 0.1) is 13.8 Å². The summed E-state index contributed by atoms with van der Waals surface area (Å²) in [4.78, 5) is 11.8. The molecule has 2 rings (SSSR count). The minimum absolute atomic E-state index is 0. The third-order valence-electron chi connectivity index (χ3n) is 2.73. The first-order chi connectivity index (χ1) is 9.13. The van der Waals surface area contributed by atoms with Gasteiger partial charge in [0.05, 0.1) is 6.54 Å². The third kappa shape index (κ3) is 4.94. The highest BCUT2D eigenvalue weighted by Crippen LogP contribution is 2.13. The smallest absolute Gasteiger partial charge is 0.243 e. The van der Waals surface area contributed by atoms with E-state index in [2.05, 4.69) is 16.7 Å². The molecule has 4 heteroatoms. The van der Waals surface area contributed by atoms with Gasteiger partial charge in [0.2, 0.25) is 5.91 Å². The highest BCUT2D eigenvalue weighted by atomic mass is 35.5. The summed E-state index contributed by atoms with van der Waals surface area (Å²) in [5.74, 6) is -0.0506. The van der Waals surface area contributed by atoms with Crippen molar-refractivity contribution in [3.05, 3.63) is 59.7 Å². The maximum Gasteiger partial charge on any atom is 0.243 e. The minimum Gasteiger partial charge on any atom is -0.376 e. The van der Waals surface area contributed by atoms with Crippen molar-refractivity contribution in [3.8, 4) is 0 Å². The predicted octanol–water partition coefficient (Wildman–Crippen LogP) is 3.78. The summed E-state index contributed by atoms with van der Waals surface area (Å²) in [5, 5.41) is 5.97. The molecule has 0 aliphatic rings. The summed E-state index contributed by atoms with van der Waals surface area (Å²) >= 11 is 0. The van der Waals surface area contributed by atoms with E-state index in [9.17, 15) is 4.79 Å². The molecule has 0 aliphatic carbocycles. The number of rotatable bonds is 4. The highest BCUT2D eigenvalue weighted by molar-refractivity contribution is 5.93. The van der Waals surface area contributed by atoms with Crippen LogP contribution in [0.2, 0.25) is 0 Å². The first kappa shape index (κ1) is 16.1. The van der Waals surface area contributed by atoms with Crippen molar-refractivity contribution in [2.45, 2.75) is 13.8 Å². The zero-order chi connectivity index (χ0) is 13.7. The number of para-hydroxylation sites is 1. The summed E-state index contributed by atoms with van der Waals surface area (Å²) in [6, 6.07) is 15.6. The van der Waals surface area contributed by atoms with Gasteiger partial charge in [0.25, 0.3) is 0 Å². The van der Waals surface area contributed by atoms with Gasteiger partial charge in [0.1, 0.15) is 0 Å². The van der Waals surface area contributed by atoms with Gasteiger partial charge in [0.15, 0.2) is 0 Å². The van der Waals surface area contributed by atoms with E-state index in [4.69, 9.17) is 0 Å². The van der Waals surface area contributed by atoms with Crippen LogP contribution >= 0.6 is 12.4 Å². The maximum absolute atomic E-state index is 11.8. The molecule has 0 aromatic heterocycles. The Morgan fingerprint density at radius 2 is 1.55 bits per heavy atom. The highest BCUT2D eigenvalue weighted by Gasteiger charge is 2.02. The van der Waals surface area contributed by atoms with Crippen molar-refractivity contribution in [2.24, 2.45) is 0 Å². The Labute approximate surface area is 125 Å². The van der Waals surface area contributed by atoms with Gasteiger partial charge in [-0.3, -0.25) is 4.79 Å². The van der Waals surface area contributed by atoms with Gasteiger partial charge in [-0.2, -0.15) is 0 Å². The Balaban J connectivity index is 0.00000200. The zero-order valence-corrected chi connectivity index (χ0v) is 12.5. The van der Waals surface area contributed by atoms with Crippen molar-refractivity contribution in [2.75, 3.05) is 17.2 Å². The molecule has 0 saturated carbocycles. The van der Waals surface area contributed by atoms with Crippen LogP contribution in [0.3, 0.4) is 0 Å². The fourth-order valence-corrected chi connectivity index (χ4v) is 1.99. The SMILES string of the molecule is Cc1cc(C)cc(NCC(=O)Nc2ccccc2)c1.Cl. The number of nitrogens with one attached hydrogen (secondary N) is 2. The van der Waals surface area contributed by atoms with E-state index in [0.29, 0.717) is 0 Å². The summed E-state index contributed by atoms with van der Waals surface area (Å²) < 4.78 is 0. The van der Waals surface area contributed by atoms with E-state index < -0.39 is 0 Å². The summed E-state index contributed by atoms with van der Waals surface area (Å²) in [7, 11) is 0. The molecule has 0 saturated heterocycles. The Morgan fingerprint density at radius 1 is 0.950 bits per heavy atom. The number of halogens is 1. The first-order valence-corrected chi connectivity index (χ1v) is 6.30. The largest absolute Gasteiger partial charge is 0.376 e. The predicted molar refractivity (Wildman–Crippen MR) is 86.7 cm³/mol. The van der Waals surface area contributed by atoms with Gasteiger partial charge in [-0.15, -0.1) is 12.4 Å². The topological polar surface area (TPSA) is 41.1 Å². The third-order valence-corrected chi connectivity index (χ3v) is 2.73. The quantitative estimate of drug-likeness (QED) is 0.900. The second-order valence-corrected chi connectivity index (χ2v) is 4.64. The van der Waals surface area contributed by atoms with Crippen molar-refractivity contribution in [1.29, 1.82) is 0 Å². The standard InChI is InChI=1S/C16H18N2O.ClH/c1-12-8-13(2)10-15(9-12)17-11-16(19)18-14-6-4-3-5-7-14;/h3-10,17H,11H2,1-2H3,(H,18,19);1H. The molecular formula is C16H19ClN2O. The number of carbonyl (C=O) groups is 1. The van der Waals surface area contributed by atoms with Crippen LogP contribution in [0.15, 0.2) is 48.5 Å². The number of hydrogen-bond donors (Lipinski definition) is 2. The molecule has 0 atom stereocenters. The van der Waals surface area contributed by atoms with Crippen molar-refractivity contribution in [1.82, 2.24) is 0 Å². The van der Waals surface area contributed by atoms with Crippen LogP contribution in [-0.2, 0) is 4.79 Å². The van der Waals surface area contributed by atoms with E-state index in [1.54, 1.807) is 0 Å². The van der Waals surface area contributed by atoms with Gasteiger partial charge >= 0.3 is 0 Å². The number of carbonyl (C=O) groups excluding carboxylic acids is 1. The molecule has 0 unspecified atom stereocenters. The monoisotopic (exact) mass is 290 g/mol. The second-order valence-electron chi connectivity index (χ2n) is 4.64. The van der Waals surface area contributed by atoms with E-state index >= 15 is 0 Å². The van der Waals surface area contributed by atoms with Crippen LogP contribution in [-0.4, -0.2) is 12.5 Å². The average molecular weight is 291 g/mol. The molecule has 2 N–H and O–H groups in total. The van der Waals surface area contributed by atoms with Gasteiger partial charge in [-0.1, -0.05) is 24.3 Å². The van der Waals surface area contributed by atoms with E-state index in [1.165, 1.54) is 11.1 Å². The Bertz CT molecular complexity index is 550. The van der Waals surface area contributed by atoms with Gasteiger partial charge in [0, 0.05) is 11.4 Å². The fraction of sp³-hybridized carbons (Fsp3) is 0.188. The molecule has 0 aliphatic heterocycles. The molecule has 2 aromatic carbocycles. The van der Waals surface area contributed by atoms with Gasteiger partial charge in [-0.25, -0.2) is 0 Å². The van der Waals surface area contributed by atoms with E-state index in [-0.39, 0.29) is 24.9 Å². The maximum atomic E-state index is 11.8. The lowest BCUT2D eigenvalue weighted by Crippen LogP contribution is -2.21. The normalized spacial score (nSPS) is 9.50. The Morgan fingerprint density at radius 3 is 2.15 bits per heavy atom.